The molecule has 171 valence electrons. The first-order valence-corrected chi connectivity index (χ1v) is 9.48. The summed E-state index contributed by atoms with van der Waals surface area (Å²) < 4.78 is 0. The fourth-order valence-corrected chi connectivity index (χ4v) is 3.36. The van der Waals surface area contributed by atoms with E-state index in [9.17, 15) is 10.2 Å². The second-order valence-electron chi connectivity index (χ2n) is 7.74. The summed E-state index contributed by atoms with van der Waals surface area (Å²) in [5.41, 5.74) is 18.9. The van der Waals surface area contributed by atoms with Crippen molar-refractivity contribution < 1.29 is 34.2 Å². The van der Waals surface area contributed by atoms with E-state index >= 15 is 0 Å². The Bertz CT molecular complexity index is 809. The van der Waals surface area contributed by atoms with Crippen molar-refractivity contribution in [3.63, 3.8) is 0 Å². The number of benzene rings is 2. The zero-order valence-corrected chi connectivity index (χ0v) is 20.4. The Labute approximate surface area is 197 Å². The van der Waals surface area contributed by atoms with Crippen molar-refractivity contribution in [2.24, 2.45) is 0 Å². The Morgan fingerprint density at radius 2 is 1.13 bits per heavy atom. The molecular weight excluding hydrogens is 433 g/mol. The molecule has 0 saturated carbocycles. The molecule has 8 nitrogen and oxygen atoms in total. The van der Waals surface area contributed by atoms with E-state index in [0.29, 0.717) is 13.1 Å². The summed E-state index contributed by atoms with van der Waals surface area (Å²) in [5, 5.41) is 25.0. The quantitative estimate of drug-likeness (QED) is 0.353. The summed E-state index contributed by atoms with van der Waals surface area (Å²) in [5.74, 6) is 0.210. The van der Waals surface area contributed by atoms with Gasteiger partial charge in [-0.25, -0.2) is 0 Å². The Balaban J connectivity index is 0. The standard InChI is InChI=1S/C22H32N2O2.N3.O.V/c1-15-9-17(3)21(25)19(11-15)13-24(8-7-23(5)6)14-20-12-16(2)10-18(4)22(20)26;1-3-2;;/h9-12,25-26H,7-8,13-14H2,1-6H3;;;/q;-1;-2;/p-2. The number of hydrogen-bond acceptors (Lipinski definition) is 4. The van der Waals surface area contributed by atoms with Crippen LogP contribution in [0.1, 0.15) is 33.4 Å². The Morgan fingerprint density at radius 1 is 0.774 bits per heavy atom. The third kappa shape index (κ3) is 10.1. The zero-order valence-electron chi connectivity index (χ0n) is 19.0. The summed E-state index contributed by atoms with van der Waals surface area (Å²) in [6.07, 6.45) is 0. The van der Waals surface area contributed by atoms with Crippen LogP contribution in [0.5, 0.6) is 11.5 Å². The Hall–Kier alpha value is -2.19. The Morgan fingerprint density at radius 3 is 1.45 bits per heavy atom. The van der Waals surface area contributed by atoms with Crippen molar-refractivity contribution in [2.45, 2.75) is 40.8 Å². The summed E-state index contributed by atoms with van der Waals surface area (Å²) in [7, 11) is 4.06. The van der Waals surface area contributed by atoms with Crippen molar-refractivity contribution in [1.29, 1.82) is 0 Å². The second kappa shape index (κ2) is 14.8. The van der Waals surface area contributed by atoms with E-state index in [1.54, 1.807) is 0 Å². The van der Waals surface area contributed by atoms with Gasteiger partial charge in [0.2, 0.25) is 0 Å². The van der Waals surface area contributed by atoms with Gasteiger partial charge in [0.25, 0.3) is 0 Å². The van der Waals surface area contributed by atoms with E-state index in [2.05, 4.69) is 9.80 Å². The van der Waals surface area contributed by atoms with Crippen LogP contribution in [0.2, 0.25) is 0 Å². The number of likely N-dealkylation sites (N-methyl/N-ethyl adjacent to an activating group) is 1. The van der Waals surface area contributed by atoms with Crippen LogP contribution in [-0.2, 0) is 37.1 Å². The monoisotopic (exact) mass is 463 g/mol. The van der Waals surface area contributed by atoms with Gasteiger partial charge < -0.3 is 31.7 Å². The molecule has 0 aliphatic carbocycles. The van der Waals surface area contributed by atoms with Crippen LogP contribution in [0.4, 0.5) is 0 Å². The third-order valence-electron chi connectivity index (χ3n) is 4.64. The summed E-state index contributed by atoms with van der Waals surface area (Å²) in [6, 6.07) is 7.79. The van der Waals surface area contributed by atoms with Gasteiger partial charge in [-0.2, -0.15) is 0 Å². The molecule has 2 aromatic rings. The van der Waals surface area contributed by atoms with Crippen molar-refractivity contribution in [2.75, 3.05) is 27.2 Å². The maximum absolute atomic E-state index is 12.5. The molecule has 0 aromatic heterocycles. The molecule has 0 aliphatic rings. The van der Waals surface area contributed by atoms with Gasteiger partial charge in [0.05, 0.1) is 0 Å². The number of nitrogens with zero attached hydrogens (tertiary/aromatic N) is 5. The van der Waals surface area contributed by atoms with Crippen LogP contribution in [0.25, 0.3) is 16.0 Å². The van der Waals surface area contributed by atoms with Crippen LogP contribution < -0.4 is 10.2 Å². The predicted octanol–water partition coefficient (Wildman–Crippen LogP) is 3.38. The van der Waals surface area contributed by atoms with Crippen LogP contribution in [0.15, 0.2) is 24.3 Å². The maximum atomic E-state index is 12.5. The largest absolute Gasteiger partial charge is 2.00 e. The molecule has 0 unspecified atom stereocenters. The van der Waals surface area contributed by atoms with E-state index in [4.69, 9.17) is 11.1 Å². The van der Waals surface area contributed by atoms with Crippen molar-refractivity contribution in [3.05, 3.63) is 73.6 Å². The van der Waals surface area contributed by atoms with Gasteiger partial charge in [-0.3, -0.25) is 9.81 Å². The number of rotatable bonds is 7. The van der Waals surface area contributed by atoms with Gasteiger partial charge in [-0.05, 0) is 52.9 Å². The molecule has 2 aromatic carbocycles. The average Bonchev–Trinajstić information content (AvgIpc) is 2.61. The maximum Gasteiger partial charge on any atom is 0.0231 e. The van der Waals surface area contributed by atoms with E-state index in [-0.39, 0.29) is 35.5 Å². The minimum absolute atomic E-state index is 0. The molecule has 9 heteroatoms. The van der Waals surface area contributed by atoms with Crippen molar-refractivity contribution in [3.8, 4) is 11.5 Å². The molecule has 1 radical (unpaired) electrons. The molecule has 2 rings (SSSR count). The molecule has 0 spiro atoms. The van der Waals surface area contributed by atoms with E-state index in [1.807, 2.05) is 66.1 Å². The molecule has 0 bridgehead atoms. The third-order valence-corrected chi connectivity index (χ3v) is 4.64. The first-order valence-electron chi connectivity index (χ1n) is 9.48. The normalized spacial score (nSPS) is 9.94. The summed E-state index contributed by atoms with van der Waals surface area (Å²) >= 11 is 0. The van der Waals surface area contributed by atoms with Crippen LogP contribution in [0, 0.1) is 27.7 Å². The minimum Gasteiger partial charge on any atom is -2.00 e. The van der Waals surface area contributed by atoms with Gasteiger partial charge in [0, 0.05) is 44.7 Å². The molecule has 0 heterocycles. The van der Waals surface area contributed by atoms with Crippen LogP contribution in [-0.4, -0.2) is 37.0 Å². The molecule has 0 N–H and O–H groups in total. The molecule has 31 heavy (non-hydrogen) atoms. The molecule has 0 aliphatic heterocycles. The fourth-order valence-electron chi connectivity index (χ4n) is 3.36. The summed E-state index contributed by atoms with van der Waals surface area (Å²) in [6.45, 7) is 10.5. The van der Waals surface area contributed by atoms with Gasteiger partial charge in [-0.1, -0.05) is 46.5 Å². The number of aryl methyl sites for hydroxylation is 4. The molecule has 0 saturated heterocycles. The Kier molecular flexibility index (Phi) is 14.8. The first kappa shape index (κ1) is 31.0. The second-order valence-corrected chi connectivity index (χ2v) is 7.74. The van der Waals surface area contributed by atoms with Crippen molar-refractivity contribution in [1.82, 2.24) is 9.80 Å². The zero-order chi connectivity index (χ0) is 22.1. The molecule has 0 amide bonds. The van der Waals surface area contributed by atoms with Gasteiger partial charge in [0.1, 0.15) is 0 Å². The number of hydrogen-bond donors (Lipinski definition) is 0. The van der Waals surface area contributed by atoms with Crippen molar-refractivity contribution >= 4 is 0 Å². The van der Waals surface area contributed by atoms with Gasteiger partial charge >= 0.3 is 0 Å². The van der Waals surface area contributed by atoms with Gasteiger partial charge in [0.15, 0.2) is 0 Å². The minimum atomic E-state index is 0. The SMILES string of the molecule is Cc1cc(C)c([O-])c(CN(CCN(C)C)Cc2cc(C)cc(C)c2[O-])c1.[N-]=[N+]=[N-].[O-2].[V]. The molecule has 0 atom stereocenters. The predicted molar refractivity (Wildman–Crippen MR) is 114 cm³/mol. The van der Waals surface area contributed by atoms with E-state index in [0.717, 1.165) is 46.5 Å². The molecular formula is C22H30N5O3V-5. The molecule has 0 fully saturated rings. The van der Waals surface area contributed by atoms with E-state index in [1.165, 1.54) is 4.91 Å². The topological polar surface area (TPSA) is 140 Å². The first-order chi connectivity index (χ1) is 13.6. The fraction of sp³-hybridized carbons (Fsp3) is 0.455. The van der Waals surface area contributed by atoms with Crippen LogP contribution >= 0.6 is 0 Å². The summed E-state index contributed by atoms with van der Waals surface area (Å²) in [4.78, 5) is 5.82. The average molecular weight is 463 g/mol. The smallest absolute Gasteiger partial charge is 0.0231 e. The van der Waals surface area contributed by atoms with Gasteiger partial charge in [-0.15, -0.1) is 11.5 Å². The van der Waals surface area contributed by atoms with Crippen LogP contribution in [0.3, 0.4) is 0 Å². The van der Waals surface area contributed by atoms with E-state index < -0.39 is 0 Å².